The third-order valence-corrected chi connectivity index (χ3v) is 3.38. The Labute approximate surface area is 93.7 Å². The van der Waals surface area contributed by atoms with Gasteiger partial charge in [-0.25, -0.2) is 4.98 Å². The Morgan fingerprint density at radius 2 is 2.07 bits per heavy atom. The fraction of sp³-hybridized carbons (Fsp3) is 0.769. The molecule has 0 N–H and O–H groups in total. The molecule has 1 atom stereocenters. The van der Waals surface area contributed by atoms with Crippen molar-refractivity contribution >= 4 is 0 Å². The summed E-state index contributed by atoms with van der Waals surface area (Å²) in [6, 6.07) is 0. The summed E-state index contributed by atoms with van der Waals surface area (Å²) in [6.07, 6.45) is 8.86. The molecule has 0 aliphatic carbocycles. The highest BCUT2D eigenvalue weighted by Gasteiger charge is 2.22. The Balaban J connectivity index is 2.74. The molecule has 0 saturated carbocycles. The van der Waals surface area contributed by atoms with Crippen LogP contribution >= 0.6 is 0 Å². The van der Waals surface area contributed by atoms with Crippen LogP contribution < -0.4 is 0 Å². The highest BCUT2D eigenvalue weighted by Crippen LogP contribution is 2.29. The normalized spacial score (nSPS) is 15.2. The molecular weight excluding hydrogens is 184 g/mol. The van der Waals surface area contributed by atoms with Crippen molar-refractivity contribution in [2.45, 2.75) is 59.9 Å². The molecule has 1 heterocycles. The molecule has 2 nitrogen and oxygen atoms in total. The van der Waals surface area contributed by atoms with Gasteiger partial charge >= 0.3 is 0 Å². The van der Waals surface area contributed by atoms with Gasteiger partial charge in [0, 0.05) is 25.4 Å². The van der Waals surface area contributed by atoms with Crippen molar-refractivity contribution in [2.24, 2.45) is 5.41 Å². The van der Waals surface area contributed by atoms with E-state index in [-0.39, 0.29) is 0 Å². The summed E-state index contributed by atoms with van der Waals surface area (Å²) in [5.41, 5.74) is 0.430. The summed E-state index contributed by atoms with van der Waals surface area (Å²) in [4.78, 5) is 4.38. The van der Waals surface area contributed by atoms with E-state index in [4.69, 9.17) is 0 Å². The van der Waals surface area contributed by atoms with E-state index in [1.165, 1.54) is 25.1 Å². The smallest absolute Gasteiger partial charge is 0.108 e. The molecule has 15 heavy (non-hydrogen) atoms. The van der Waals surface area contributed by atoms with Crippen LogP contribution in [-0.4, -0.2) is 9.55 Å². The Bertz CT molecular complexity index is 290. The van der Waals surface area contributed by atoms with Crippen LogP contribution in [0.5, 0.6) is 0 Å². The van der Waals surface area contributed by atoms with Gasteiger partial charge in [-0.1, -0.05) is 34.1 Å². The van der Waals surface area contributed by atoms with E-state index in [0.29, 0.717) is 5.41 Å². The molecule has 0 radical (unpaired) electrons. The van der Waals surface area contributed by atoms with Crippen LogP contribution in [0.4, 0.5) is 0 Å². The minimum absolute atomic E-state index is 0.430. The largest absolute Gasteiger partial charge is 0.334 e. The molecule has 0 fully saturated rings. The summed E-state index contributed by atoms with van der Waals surface area (Å²) in [7, 11) is 0. The first-order valence-electron chi connectivity index (χ1n) is 6.15. The summed E-state index contributed by atoms with van der Waals surface area (Å²) in [5, 5.41) is 0. The van der Waals surface area contributed by atoms with Crippen LogP contribution in [0.3, 0.4) is 0 Å². The molecule has 1 aromatic heterocycles. The quantitative estimate of drug-likeness (QED) is 0.697. The monoisotopic (exact) mass is 208 g/mol. The number of aromatic nitrogens is 2. The number of imidazole rings is 1. The summed E-state index contributed by atoms with van der Waals surface area (Å²) in [5.74, 6) is 1.21. The third-order valence-electron chi connectivity index (χ3n) is 3.38. The number of aryl methyl sites for hydroxylation is 1. The zero-order chi connectivity index (χ0) is 11.3. The van der Waals surface area contributed by atoms with Gasteiger partial charge < -0.3 is 4.57 Å². The first-order valence-corrected chi connectivity index (χ1v) is 6.15. The maximum Gasteiger partial charge on any atom is 0.108 e. The van der Waals surface area contributed by atoms with Crippen molar-refractivity contribution in [3.05, 3.63) is 18.2 Å². The molecule has 0 aliphatic heterocycles. The van der Waals surface area contributed by atoms with Gasteiger partial charge in [0.1, 0.15) is 5.82 Å². The molecule has 2 heteroatoms. The van der Waals surface area contributed by atoms with E-state index in [1.54, 1.807) is 0 Å². The minimum atomic E-state index is 0.430. The van der Waals surface area contributed by atoms with E-state index >= 15 is 0 Å². The minimum Gasteiger partial charge on any atom is -0.334 e. The lowest BCUT2D eigenvalue weighted by atomic mass is 9.83. The molecule has 0 aromatic carbocycles. The van der Waals surface area contributed by atoms with Crippen molar-refractivity contribution in [3.63, 3.8) is 0 Å². The lowest BCUT2D eigenvalue weighted by Gasteiger charge is -2.29. The molecule has 1 aromatic rings. The zero-order valence-corrected chi connectivity index (χ0v) is 10.6. The first kappa shape index (κ1) is 12.3. The Morgan fingerprint density at radius 3 is 2.60 bits per heavy atom. The molecule has 0 amide bonds. The summed E-state index contributed by atoms with van der Waals surface area (Å²) < 4.78 is 2.32. The second-order valence-electron chi connectivity index (χ2n) is 4.74. The molecule has 0 spiro atoms. The van der Waals surface area contributed by atoms with Gasteiger partial charge in [0.25, 0.3) is 0 Å². The second kappa shape index (κ2) is 5.34. The Morgan fingerprint density at radius 1 is 1.33 bits per heavy atom. The summed E-state index contributed by atoms with van der Waals surface area (Å²) >= 11 is 0. The molecule has 0 bridgehead atoms. The third kappa shape index (κ3) is 3.08. The lowest BCUT2D eigenvalue weighted by Crippen LogP contribution is -2.23. The van der Waals surface area contributed by atoms with Gasteiger partial charge in [0.05, 0.1) is 0 Å². The van der Waals surface area contributed by atoms with Gasteiger partial charge in [0.2, 0.25) is 0 Å². The van der Waals surface area contributed by atoms with Crippen molar-refractivity contribution in [1.82, 2.24) is 9.55 Å². The average Bonchev–Trinajstić information content (AvgIpc) is 2.65. The van der Waals surface area contributed by atoms with Gasteiger partial charge in [-0.2, -0.15) is 0 Å². The maximum absolute atomic E-state index is 4.38. The topological polar surface area (TPSA) is 17.8 Å². The van der Waals surface area contributed by atoms with Crippen LogP contribution in [0.15, 0.2) is 12.4 Å². The van der Waals surface area contributed by atoms with E-state index in [1.807, 2.05) is 6.20 Å². The van der Waals surface area contributed by atoms with Crippen molar-refractivity contribution in [1.29, 1.82) is 0 Å². The molecule has 0 aliphatic rings. The number of hydrogen-bond acceptors (Lipinski definition) is 1. The van der Waals surface area contributed by atoms with Crippen LogP contribution in [0.2, 0.25) is 0 Å². The summed E-state index contributed by atoms with van der Waals surface area (Å²) in [6.45, 7) is 10.2. The van der Waals surface area contributed by atoms with E-state index < -0.39 is 0 Å². The van der Waals surface area contributed by atoms with E-state index in [9.17, 15) is 0 Å². The van der Waals surface area contributed by atoms with E-state index in [0.717, 1.165) is 13.0 Å². The van der Waals surface area contributed by atoms with E-state index in [2.05, 4.69) is 43.4 Å². The molecule has 0 saturated heterocycles. The van der Waals surface area contributed by atoms with Gasteiger partial charge in [0.15, 0.2) is 0 Å². The molecule has 1 rings (SSSR count). The lowest BCUT2D eigenvalue weighted by molar-refractivity contribution is 0.234. The number of rotatable bonds is 6. The Kier molecular flexibility index (Phi) is 4.37. The molecule has 1 unspecified atom stereocenters. The van der Waals surface area contributed by atoms with Gasteiger partial charge in [-0.15, -0.1) is 0 Å². The van der Waals surface area contributed by atoms with Gasteiger partial charge in [-0.3, -0.25) is 0 Å². The predicted octanol–water partition coefficient (Wildman–Crippen LogP) is 3.66. The van der Waals surface area contributed by atoms with Crippen molar-refractivity contribution < 1.29 is 0 Å². The van der Waals surface area contributed by atoms with Crippen LogP contribution in [0, 0.1) is 5.41 Å². The van der Waals surface area contributed by atoms with Crippen molar-refractivity contribution in [2.75, 3.05) is 0 Å². The number of nitrogens with zero attached hydrogens (tertiary/aromatic N) is 2. The second-order valence-corrected chi connectivity index (χ2v) is 4.74. The highest BCUT2D eigenvalue weighted by molar-refractivity contribution is 4.93. The van der Waals surface area contributed by atoms with Crippen molar-refractivity contribution in [3.8, 4) is 0 Å². The average molecular weight is 208 g/mol. The van der Waals surface area contributed by atoms with Crippen LogP contribution in [0.25, 0.3) is 0 Å². The van der Waals surface area contributed by atoms with Crippen LogP contribution in [-0.2, 0) is 13.0 Å². The zero-order valence-electron chi connectivity index (χ0n) is 10.6. The maximum atomic E-state index is 4.38. The van der Waals surface area contributed by atoms with Crippen LogP contribution in [0.1, 0.15) is 52.8 Å². The Hall–Kier alpha value is -0.790. The van der Waals surface area contributed by atoms with Gasteiger partial charge in [-0.05, 0) is 18.3 Å². The highest BCUT2D eigenvalue weighted by atomic mass is 15.1. The fourth-order valence-electron chi connectivity index (χ4n) is 2.18. The SMILES string of the molecule is CCCC(C)(CC)Cn1ccnc1CC. The molecule has 86 valence electrons. The fourth-order valence-corrected chi connectivity index (χ4v) is 2.18. The predicted molar refractivity (Wildman–Crippen MR) is 64.9 cm³/mol. The number of hydrogen-bond donors (Lipinski definition) is 0. The first-order chi connectivity index (χ1) is 7.15. The standard InChI is InChI=1S/C13H24N2/c1-5-8-13(4,7-3)11-15-10-9-14-12(15)6-2/h9-10H,5-8,11H2,1-4H3. The molecular formula is C13H24N2.